The van der Waals surface area contributed by atoms with Gasteiger partial charge in [-0.25, -0.2) is 0 Å². The third-order valence-electron chi connectivity index (χ3n) is 3.12. The van der Waals surface area contributed by atoms with Crippen LogP contribution in [0.4, 0.5) is 11.6 Å². The van der Waals surface area contributed by atoms with E-state index < -0.39 is 4.92 Å². The molecule has 0 spiro atoms. The molecule has 23 heavy (non-hydrogen) atoms. The van der Waals surface area contributed by atoms with Crippen molar-refractivity contribution in [3.8, 4) is 11.8 Å². The first-order valence-corrected chi connectivity index (χ1v) is 7.14. The number of aryl methyl sites for hydroxylation is 1. The number of rotatable bonds is 5. The lowest BCUT2D eigenvalue weighted by Crippen LogP contribution is -2.15. The number of nitro benzene ring substituents is 1. The van der Waals surface area contributed by atoms with Crippen LogP contribution >= 0.6 is 0 Å². The zero-order chi connectivity index (χ0) is 17.1. The average Bonchev–Trinajstić information content (AvgIpc) is 2.46. The van der Waals surface area contributed by atoms with Crippen molar-refractivity contribution in [1.29, 1.82) is 0 Å². The highest BCUT2D eigenvalue weighted by Crippen LogP contribution is 2.33. The zero-order valence-electron chi connectivity index (χ0n) is 13.8. The number of para-hydroxylation sites is 1. The number of nitrogens with zero attached hydrogens (tertiary/aromatic N) is 5. The monoisotopic (exact) mass is 317 g/mol. The molecule has 8 nitrogen and oxygen atoms in total. The molecule has 0 radical (unpaired) electrons. The normalized spacial score (nSPS) is 10.7. The molecule has 0 atom stereocenters. The molecule has 8 heteroatoms. The lowest BCUT2D eigenvalue weighted by atomic mass is 10.2. The molecule has 0 saturated heterocycles. The van der Waals surface area contributed by atoms with Gasteiger partial charge < -0.3 is 9.64 Å². The maximum Gasteiger partial charge on any atom is 0.327 e. The molecule has 1 aromatic carbocycles. The average molecular weight is 317 g/mol. The molecule has 0 amide bonds. The molecule has 1 heterocycles. The van der Waals surface area contributed by atoms with Crippen molar-refractivity contribution in [3.63, 3.8) is 0 Å². The van der Waals surface area contributed by atoms with E-state index in [4.69, 9.17) is 4.74 Å². The smallest absolute Gasteiger partial charge is 0.327 e. The van der Waals surface area contributed by atoms with Crippen LogP contribution in [0.25, 0.3) is 0 Å². The zero-order valence-corrected chi connectivity index (χ0v) is 13.8. The molecule has 0 unspecified atom stereocenters. The van der Waals surface area contributed by atoms with E-state index >= 15 is 0 Å². The van der Waals surface area contributed by atoms with Gasteiger partial charge >= 0.3 is 11.7 Å². The summed E-state index contributed by atoms with van der Waals surface area (Å²) >= 11 is 0. The standard InChI is InChI=1S/C15H19N5O3/c1-9(2)13-16-14(19(4)5)18-15(17-13)23-11-8-6-7-10(3)12(11)20(21)22/h6-9H,1-5H3. The van der Waals surface area contributed by atoms with Crippen molar-refractivity contribution in [1.82, 2.24) is 15.0 Å². The van der Waals surface area contributed by atoms with Crippen LogP contribution in [0.1, 0.15) is 31.2 Å². The van der Waals surface area contributed by atoms with E-state index in [0.29, 0.717) is 17.3 Å². The Bertz CT molecular complexity index is 705. The molecule has 2 rings (SSSR count). The number of ether oxygens (including phenoxy) is 1. The highest BCUT2D eigenvalue weighted by atomic mass is 16.6. The maximum atomic E-state index is 11.2. The van der Waals surface area contributed by atoms with Crippen LogP contribution in [0.2, 0.25) is 0 Å². The second-order valence-electron chi connectivity index (χ2n) is 5.61. The Morgan fingerprint density at radius 3 is 2.48 bits per heavy atom. The fourth-order valence-electron chi connectivity index (χ4n) is 1.91. The summed E-state index contributed by atoms with van der Waals surface area (Å²) in [5.74, 6) is 1.19. The first-order chi connectivity index (χ1) is 10.8. The minimum Gasteiger partial charge on any atom is -0.417 e. The summed E-state index contributed by atoms with van der Waals surface area (Å²) in [5.41, 5.74) is 0.420. The van der Waals surface area contributed by atoms with Gasteiger partial charge in [0.2, 0.25) is 11.7 Å². The van der Waals surface area contributed by atoms with Gasteiger partial charge in [0.1, 0.15) is 5.82 Å². The van der Waals surface area contributed by atoms with Gasteiger partial charge in [-0.1, -0.05) is 26.0 Å². The Labute approximate surface area is 134 Å². The van der Waals surface area contributed by atoms with Crippen molar-refractivity contribution in [2.24, 2.45) is 0 Å². The highest BCUT2D eigenvalue weighted by Gasteiger charge is 2.21. The Kier molecular flexibility index (Phi) is 4.73. The van der Waals surface area contributed by atoms with E-state index in [-0.39, 0.29) is 23.4 Å². The van der Waals surface area contributed by atoms with Gasteiger partial charge in [0.05, 0.1) is 4.92 Å². The summed E-state index contributed by atoms with van der Waals surface area (Å²) in [6.45, 7) is 5.56. The number of nitro groups is 1. The molecule has 1 aromatic heterocycles. The molecule has 0 aliphatic heterocycles. The fraction of sp³-hybridized carbons (Fsp3) is 0.400. The van der Waals surface area contributed by atoms with Crippen LogP contribution in [-0.4, -0.2) is 34.0 Å². The van der Waals surface area contributed by atoms with Crippen molar-refractivity contribution in [3.05, 3.63) is 39.7 Å². The third-order valence-corrected chi connectivity index (χ3v) is 3.12. The van der Waals surface area contributed by atoms with E-state index in [1.807, 2.05) is 13.8 Å². The topological polar surface area (TPSA) is 94.3 Å². The van der Waals surface area contributed by atoms with Crippen molar-refractivity contribution >= 4 is 11.6 Å². The molecule has 2 aromatic rings. The Morgan fingerprint density at radius 1 is 1.22 bits per heavy atom. The number of anilines is 1. The predicted octanol–water partition coefficient (Wildman–Crippen LogP) is 3.07. The summed E-state index contributed by atoms with van der Waals surface area (Å²) < 4.78 is 5.60. The van der Waals surface area contributed by atoms with Gasteiger partial charge in [0.25, 0.3) is 0 Å². The van der Waals surface area contributed by atoms with Crippen molar-refractivity contribution < 1.29 is 9.66 Å². The molecular weight excluding hydrogens is 298 g/mol. The molecule has 0 bridgehead atoms. The minimum atomic E-state index is -0.470. The maximum absolute atomic E-state index is 11.2. The van der Waals surface area contributed by atoms with Crippen molar-refractivity contribution in [2.75, 3.05) is 19.0 Å². The molecule has 0 aliphatic carbocycles. The summed E-state index contributed by atoms with van der Waals surface area (Å²) in [5, 5.41) is 11.2. The predicted molar refractivity (Wildman–Crippen MR) is 86.2 cm³/mol. The van der Waals surface area contributed by atoms with Gasteiger partial charge in [-0.2, -0.15) is 15.0 Å². The minimum absolute atomic E-state index is 0.0427. The molecule has 0 N–H and O–H groups in total. The van der Waals surface area contributed by atoms with Gasteiger partial charge in [-0.15, -0.1) is 0 Å². The van der Waals surface area contributed by atoms with Gasteiger partial charge in [0.15, 0.2) is 0 Å². The second-order valence-corrected chi connectivity index (χ2v) is 5.61. The molecule has 0 aliphatic rings. The number of hydrogen-bond acceptors (Lipinski definition) is 7. The lowest BCUT2D eigenvalue weighted by Gasteiger charge is -2.14. The van der Waals surface area contributed by atoms with E-state index in [2.05, 4.69) is 15.0 Å². The van der Waals surface area contributed by atoms with Crippen LogP contribution in [-0.2, 0) is 0 Å². The highest BCUT2D eigenvalue weighted by molar-refractivity contribution is 5.53. The van der Waals surface area contributed by atoms with Crippen LogP contribution < -0.4 is 9.64 Å². The quantitative estimate of drug-likeness (QED) is 0.617. The Morgan fingerprint density at radius 2 is 1.91 bits per heavy atom. The van der Waals surface area contributed by atoms with Gasteiger partial charge in [-0.05, 0) is 13.0 Å². The fourth-order valence-corrected chi connectivity index (χ4v) is 1.91. The number of aromatic nitrogens is 3. The molecule has 0 saturated carbocycles. The van der Waals surface area contributed by atoms with Crippen molar-refractivity contribution in [2.45, 2.75) is 26.7 Å². The van der Waals surface area contributed by atoms with Crippen LogP contribution in [0.5, 0.6) is 11.8 Å². The molecular formula is C15H19N5O3. The largest absolute Gasteiger partial charge is 0.417 e. The van der Waals surface area contributed by atoms with E-state index in [1.165, 1.54) is 6.07 Å². The van der Waals surface area contributed by atoms with Crippen LogP contribution in [0.3, 0.4) is 0 Å². The summed E-state index contributed by atoms with van der Waals surface area (Å²) in [6.07, 6.45) is 0. The molecule has 0 fully saturated rings. The number of benzene rings is 1. The Balaban J connectivity index is 2.48. The lowest BCUT2D eigenvalue weighted by molar-refractivity contribution is -0.386. The summed E-state index contributed by atoms with van der Waals surface area (Å²) in [4.78, 5) is 25.3. The first kappa shape index (κ1) is 16.6. The first-order valence-electron chi connectivity index (χ1n) is 7.14. The van der Waals surface area contributed by atoms with Crippen LogP contribution in [0.15, 0.2) is 18.2 Å². The molecule has 122 valence electrons. The number of hydrogen-bond donors (Lipinski definition) is 0. The van der Waals surface area contributed by atoms with Gasteiger partial charge in [-0.3, -0.25) is 10.1 Å². The van der Waals surface area contributed by atoms with E-state index in [1.54, 1.807) is 38.1 Å². The summed E-state index contributed by atoms with van der Waals surface area (Å²) in [6, 6.07) is 4.92. The third kappa shape index (κ3) is 3.71. The van der Waals surface area contributed by atoms with E-state index in [9.17, 15) is 10.1 Å². The summed E-state index contributed by atoms with van der Waals surface area (Å²) in [7, 11) is 3.61. The SMILES string of the molecule is Cc1cccc(Oc2nc(C(C)C)nc(N(C)C)n2)c1[N+](=O)[O-]. The Hall–Kier alpha value is -2.77. The van der Waals surface area contributed by atoms with E-state index in [0.717, 1.165) is 0 Å². The van der Waals surface area contributed by atoms with Crippen LogP contribution in [0, 0.1) is 17.0 Å². The van der Waals surface area contributed by atoms with Gasteiger partial charge in [0, 0.05) is 25.6 Å². The second kappa shape index (κ2) is 6.55.